The Labute approximate surface area is 82.0 Å². The second kappa shape index (κ2) is 3.99. The number of rotatable bonds is 2. The molecule has 0 atom stereocenters. The summed E-state index contributed by atoms with van der Waals surface area (Å²) in [5, 5.41) is 21.6. The molecule has 0 spiro atoms. The molecular weight excluding hydrogens is 240 g/mol. The van der Waals surface area contributed by atoms with Crippen molar-refractivity contribution in [1.29, 1.82) is 0 Å². The number of nitro benzene ring substituents is 1. The molecule has 6 heteroatoms. The fourth-order valence-electron chi connectivity index (χ4n) is 0.806. The molecule has 0 aromatic heterocycles. The standard InChI is InChI=1S/C7H5BrN2O3/c8-7(9-11)5-2-1-3-6(4-5)10(12)13/h1-4,11H. The predicted octanol–water partition coefficient (Wildman–Crippen LogP) is 2.13. The second-order valence-electron chi connectivity index (χ2n) is 2.20. The van der Waals surface area contributed by atoms with Gasteiger partial charge in [-0.3, -0.25) is 10.1 Å². The summed E-state index contributed by atoms with van der Waals surface area (Å²) in [7, 11) is 0. The molecule has 0 radical (unpaired) electrons. The number of hydrogen-bond acceptors (Lipinski definition) is 4. The van der Waals surface area contributed by atoms with Gasteiger partial charge in [0.2, 0.25) is 0 Å². The van der Waals surface area contributed by atoms with Crippen LogP contribution in [0.5, 0.6) is 0 Å². The van der Waals surface area contributed by atoms with Crippen LogP contribution in [-0.2, 0) is 0 Å². The summed E-state index contributed by atoms with van der Waals surface area (Å²) >= 11 is 2.95. The highest BCUT2D eigenvalue weighted by Gasteiger charge is 2.07. The summed E-state index contributed by atoms with van der Waals surface area (Å²) in [5.41, 5.74) is 0.412. The molecule has 0 heterocycles. The van der Waals surface area contributed by atoms with Crippen molar-refractivity contribution in [2.24, 2.45) is 5.16 Å². The minimum Gasteiger partial charge on any atom is -0.410 e. The fraction of sp³-hybridized carbons (Fsp3) is 0. The van der Waals surface area contributed by atoms with Gasteiger partial charge in [0.15, 0.2) is 4.62 Å². The van der Waals surface area contributed by atoms with Crippen LogP contribution in [0.2, 0.25) is 0 Å². The highest BCUT2D eigenvalue weighted by molar-refractivity contribution is 9.18. The average Bonchev–Trinajstić information content (AvgIpc) is 2.17. The van der Waals surface area contributed by atoms with E-state index in [1.807, 2.05) is 0 Å². The van der Waals surface area contributed by atoms with Crippen molar-refractivity contribution in [1.82, 2.24) is 0 Å². The van der Waals surface area contributed by atoms with Gasteiger partial charge < -0.3 is 5.21 Å². The summed E-state index contributed by atoms with van der Waals surface area (Å²) in [5.74, 6) is 0. The summed E-state index contributed by atoms with van der Waals surface area (Å²) < 4.78 is 0.163. The Morgan fingerprint density at radius 3 is 2.85 bits per heavy atom. The topological polar surface area (TPSA) is 75.7 Å². The molecule has 0 saturated heterocycles. The lowest BCUT2D eigenvalue weighted by molar-refractivity contribution is -0.384. The van der Waals surface area contributed by atoms with E-state index in [0.717, 1.165) is 0 Å². The number of nitrogens with zero attached hydrogens (tertiary/aromatic N) is 2. The SMILES string of the molecule is O=[N+]([O-])c1cccc(C(Br)=NO)c1. The first kappa shape index (κ1) is 9.66. The summed E-state index contributed by atoms with van der Waals surface area (Å²) in [4.78, 5) is 9.84. The maximum absolute atomic E-state index is 10.4. The Morgan fingerprint density at radius 1 is 1.62 bits per heavy atom. The molecule has 0 fully saturated rings. The molecule has 0 unspecified atom stereocenters. The van der Waals surface area contributed by atoms with E-state index in [-0.39, 0.29) is 10.3 Å². The van der Waals surface area contributed by atoms with Crippen LogP contribution in [0.4, 0.5) is 5.69 Å². The first-order valence-electron chi connectivity index (χ1n) is 3.27. The van der Waals surface area contributed by atoms with E-state index in [1.54, 1.807) is 6.07 Å². The molecule has 5 nitrogen and oxygen atoms in total. The van der Waals surface area contributed by atoms with Gasteiger partial charge in [-0.25, -0.2) is 0 Å². The number of halogens is 1. The van der Waals surface area contributed by atoms with Crippen LogP contribution < -0.4 is 0 Å². The van der Waals surface area contributed by atoms with Crippen LogP contribution in [0.15, 0.2) is 29.4 Å². The third kappa shape index (κ3) is 2.25. The van der Waals surface area contributed by atoms with E-state index in [9.17, 15) is 10.1 Å². The van der Waals surface area contributed by atoms with E-state index in [4.69, 9.17) is 5.21 Å². The van der Waals surface area contributed by atoms with Gasteiger partial charge in [0.1, 0.15) is 0 Å². The molecule has 1 aromatic rings. The lowest BCUT2D eigenvalue weighted by Gasteiger charge is -1.95. The molecule has 0 aliphatic carbocycles. The van der Waals surface area contributed by atoms with Crippen molar-refractivity contribution < 1.29 is 10.1 Å². The van der Waals surface area contributed by atoms with Crippen molar-refractivity contribution in [3.63, 3.8) is 0 Å². The van der Waals surface area contributed by atoms with Crippen molar-refractivity contribution >= 4 is 26.2 Å². The Hall–Kier alpha value is -1.43. The number of non-ortho nitro benzene ring substituents is 1. The van der Waals surface area contributed by atoms with E-state index in [1.165, 1.54) is 18.2 Å². The molecule has 68 valence electrons. The molecule has 13 heavy (non-hydrogen) atoms. The van der Waals surface area contributed by atoms with Gasteiger partial charge in [-0.2, -0.15) is 0 Å². The van der Waals surface area contributed by atoms with Gasteiger partial charge in [0.05, 0.1) is 4.92 Å². The Kier molecular flexibility index (Phi) is 2.97. The first-order chi connectivity index (χ1) is 6.15. The third-order valence-electron chi connectivity index (χ3n) is 1.38. The fourth-order valence-corrected chi connectivity index (χ4v) is 1.05. The van der Waals surface area contributed by atoms with Gasteiger partial charge in [-0.15, -0.1) is 0 Å². The minimum absolute atomic E-state index is 0.0434. The van der Waals surface area contributed by atoms with Crippen LogP contribution >= 0.6 is 15.9 Å². The summed E-state index contributed by atoms with van der Waals surface area (Å²) in [6, 6.07) is 5.78. The van der Waals surface area contributed by atoms with Crippen LogP contribution in [0.25, 0.3) is 0 Å². The highest BCUT2D eigenvalue weighted by atomic mass is 79.9. The zero-order valence-corrected chi connectivity index (χ0v) is 7.93. The van der Waals surface area contributed by atoms with Crippen molar-refractivity contribution in [3.05, 3.63) is 39.9 Å². The number of nitro groups is 1. The molecule has 1 aromatic carbocycles. The van der Waals surface area contributed by atoms with Gasteiger partial charge in [-0.05, 0) is 15.9 Å². The summed E-state index contributed by atoms with van der Waals surface area (Å²) in [6.45, 7) is 0. The lowest BCUT2D eigenvalue weighted by Crippen LogP contribution is -1.93. The van der Waals surface area contributed by atoms with Gasteiger partial charge in [-0.1, -0.05) is 17.3 Å². The zero-order valence-electron chi connectivity index (χ0n) is 6.35. The average molecular weight is 245 g/mol. The van der Waals surface area contributed by atoms with Gasteiger partial charge >= 0.3 is 0 Å². The number of hydrogen-bond donors (Lipinski definition) is 1. The molecule has 0 amide bonds. The highest BCUT2D eigenvalue weighted by Crippen LogP contribution is 2.15. The van der Waals surface area contributed by atoms with Gasteiger partial charge in [0, 0.05) is 17.7 Å². The van der Waals surface area contributed by atoms with Crippen molar-refractivity contribution in [2.45, 2.75) is 0 Å². The molecule has 0 bridgehead atoms. The Balaban J connectivity index is 3.13. The Bertz CT molecular complexity index is 365. The monoisotopic (exact) mass is 244 g/mol. The Morgan fingerprint density at radius 2 is 2.31 bits per heavy atom. The smallest absolute Gasteiger partial charge is 0.270 e. The van der Waals surface area contributed by atoms with E-state index < -0.39 is 4.92 Å². The molecule has 0 aliphatic heterocycles. The number of benzene rings is 1. The maximum Gasteiger partial charge on any atom is 0.270 e. The first-order valence-corrected chi connectivity index (χ1v) is 4.07. The maximum atomic E-state index is 10.4. The summed E-state index contributed by atoms with van der Waals surface area (Å²) in [6.07, 6.45) is 0. The largest absolute Gasteiger partial charge is 0.410 e. The van der Waals surface area contributed by atoms with Crippen molar-refractivity contribution in [2.75, 3.05) is 0 Å². The third-order valence-corrected chi connectivity index (χ3v) is 2.00. The second-order valence-corrected chi connectivity index (χ2v) is 2.95. The molecule has 0 aliphatic rings. The number of oxime groups is 1. The van der Waals surface area contributed by atoms with E-state index in [0.29, 0.717) is 5.56 Å². The van der Waals surface area contributed by atoms with Crippen LogP contribution in [0.1, 0.15) is 5.56 Å². The predicted molar refractivity (Wildman–Crippen MR) is 50.3 cm³/mol. The van der Waals surface area contributed by atoms with Crippen molar-refractivity contribution in [3.8, 4) is 0 Å². The minimum atomic E-state index is -0.513. The quantitative estimate of drug-likeness (QED) is 0.375. The van der Waals surface area contributed by atoms with Crippen LogP contribution in [0.3, 0.4) is 0 Å². The molecule has 1 N–H and O–H groups in total. The van der Waals surface area contributed by atoms with E-state index >= 15 is 0 Å². The van der Waals surface area contributed by atoms with Crippen LogP contribution in [-0.4, -0.2) is 14.8 Å². The molecule has 1 rings (SSSR count). The van der Waals surface area contributed by atoms with Gasteiger partial charge in [0.25, 0.3) is 5.69 Å². The molecular formula is C7H5BrN2O3. The lowest BCUT2D eigenvalue weighted by atomic mass is 10.2. The zero-order chi connectivity index (χ0) is 9.84. The molecule has 0 saturated carbocycles. The normalized spacial score (nSPS) is 11.3. The van der Waals surface area contributed by atoms with Crippen LogP contribution in [0, 0.1) is 10.1 Å². The van der Waals surface area contributed by atoms with E-state index in [2.05, 4.69) is 21.1 Å².